The first-order valence-corrected chi connectivity index (χ1v) is 11.0. The van der Waals surface area contributed by atoms with Gasteiger partial charge in [0.1, 0.15) is 0 Å². The highest BCUT2D eigenvalue weighted by atomic mass is 16.5. The van der Waals surface area contributed by atoms with Gasteiger partial charge in [0.05, 0.1) is 12.6 Å². The number of piperidine rings is 2. The molecule has 158 valence electrons. The molecule has 2 amide bonds. The summed E-state index contributed by atoms with van der Waals surface area (Å²) in [5.41, 5.74) is 1.35. The first-order valence-electron chi connectivity index (χ1n) is 11.0. The zero-order chi connectivity index (χ0) is 20.1. The third-order valence-electron chi connectivity index (χ3n) is 6.81. The van der Waals surface area contributed by atoms with Gasteiger partial charge in [0.25, 0.3) is 0 Å². The third-order valence-corrected chi connectivity index (χ3v) is 6.81. The van der Waals surface area contributed by atoms with Gasteiger partial charge >= 0.3 is 0 Å². The van der Waals surface area contributed by atoms with Gasteiger partial charge in [0.2, 0.25) is 11.8 Å². The Hall–Kier alpha value is -1.92. The SMILES string of the molecule is O=C(CN1CCC2(CCC(=O)N(CC3CCCO3)C2)CC1)NCc1ccccc1. The van der Waals surface area contributed by atoms with Crippen molar-refractivity contribution in [1.29, 1.82) is 0 Å². The van der Waals surface area contributed by atoms with Crippen molar-refractivity contribution in [2.75, 3.05) is 39.3 Å². The van der Waals surface area contributed by atoms with Crippen LogP contribution < -0.4 is 5.32 Å². The number of nitrogens with zero attached hydrogens (tertiary/aromatic N) is 2. The van der Waals surface area contributed by atoms with Gasteiger partial charge in [-0.2, -0.15) is 0 Å². The van der Waals surface area contributed by atoms with Crippen LogP contribution in [-0.2, 0) is 20.9 Å². The van der Waals surface area contributed by atoms with Gasteiger partial charge in [-0.05, 0) is 56.2 Å². The summed E-state index contributed by atoms with van der Waals surface area (Å²) in [6.45, 7) is 5.35. The summed E-state index contributed by atoms with van der Waals surface area (Å²) < 4.78 is 5.75. The van der Waals surface area contributed by atoms with Gasteiger partial charge in [0, 0.05) is 32.7 Å². The minimum absolute atomic E-state index is 0.0867. The standard InChI is InChI=1S/C23H33N3O3/c27-21(24-15-19-5-2-1-3-6-19)17-25-12-10-23(11-13-25)9-8-22(28)26(18-23)16-20-7-4-14-29-20/h1-3,5-6,20H,4,7-18H2,(H,24,27). The molecule has 1 N–H and O–H groups in total. The fourth-order valence-corrected chi connectivity index (χ4v) is 4.95. The van der Waals surface area contributed by atoms with E-state index in [4.69, 9.17) is 4.74 Å². The zero-order valence-corrected chi connectivity index (χ0v) is 17.3. The number of benzene rings is 1. The van der Waals surface area contributed by atoms with Gasteiger partial charge in [-0.3, -0.25) is 14.5 Å². The van der Waals surface area contributed by atoms with Crippen molar-refractivity contribution in [1.82, 2.24) is 15.1 Å². The van der Waals surface area contributed by atoms with Crippen LogP contribution in [0.5, 0.6) is 0 Å². The van der Waals surface area contributed by atoms with Gasteiger partial charge in [-0.1, -0.05) is 30.3 Å². The van der Waals surface area contributed by atoms with Crippen LogP contribution in [0.25, 0.3) is 0 Å². The van der Waals surface area contributed by atoms with Gasteiger partial charge in [-0.15, -0.1) is 0 Å². The Balaban J connectivity index is 1.22. The largest absolute Gasteiger partial charge is 0.376 e. The number of amides is 2. The first kappa shape index (κ1) is 20.4. The van der Waals surface area contributed by atoms with Crippen LogP contribution in [0.4, 0.5) is 0 Å². The third kappa shape index (κ3) is 5.37. The number of rotatable bonds is 6. The number of nitrogens with one attached hydrogen (secondary N) is 1. The quantitative estimate of drug-likeness (QED) is 0.797. The molecule has 1 atom stereocenters. The van der Waals surface area contributed by atoms with E-state index >= 15 is 0 Å². The molecule has 1 spiro atoms. The summed E-state index contributed by atoms with van der Waals surface area (Å²) in [5, 5.41) is 3.02. The van der Waals surface area contributed by atoms with Crippen LogP contribution in [0.15, 0.2) is 30.3 Å². The van der Waals surface area contributed by atoms with E-state index in [0.29, 0.717) is 19.5 Å². The summed E-state index contributed by atoms with van der Waals surface area (Å²) in [6.07, 6.45) is 6.18. The predicted octanol–water partition coefficient (Wildman–Crippen LogP) is 2.19. The molecular weight excluding hydrogens is 366 g/mol. The van der Waals surface area contributed by atoms with Crippen molar-refractivity contribution in [3.05, 3.63) is 35.9 Å². The van der Waals surface area contributed by atoms with Gasteiger partial charge < -0.3 is 15.0 Å². The van der Waals surface area contributed by atoms with E-state index in [9.17, 15) is 9.59 Å². The molecule has 0 aliphatic carbocycles. The van der Waals surface area contributed by atoms with Crippen molar-refractivity contribution in [3.63, 3.8) is 0 Å². The molecule has 29 heavy (non-hydrogen) atoms. The average molecular weight is 400 g/mol. The molecule has 6 nitrogen and oxygen atoms in total. The molecule has 3 aliphatic rings. The van der Waals surface area contributed by atoms with Crippen molar-refractivity contribution >= 4 is 11.8 Å². The van der Waals surface area contributed by atoms with E-state index in [1.54, 1.807) is 0 Å². The molecule has 0 aromatic heterocycles. The Morgan fingerprint density at radius 3 is 2.69 bits per heavy atom. The molecule has 3 fully saturated rings. The lowest BCUT2D eigenvalue weighted by atomic mass is 9.72. The summed E-state index contributed by atoms with van der Waals surface area (Å²) >= 11 is 0. The fraction of sp³-hybridized carbons (Fsp3) is 0.652. The number of hydrogen-bond acceptors (Lipinski definition) is 4. The lowest BCUT2D eigenvalue weighted by Crippen LogP contribution is -2.53. The van der Waals surface area contributed by atoms with Crippen LogP contribution in [0.2, 0.25) is 0 Å². The van der Waals surface area contributed by atoms with Gasteiger partial charge in [-0.25, -0.2) is 0 Å². The maximum absolute atomic E-state index is 12.4. The Morgan fingerprint density at radius 1 is 1.17 bits per heavy atom. The van der Waals surface area contributed by atoms with E-state index in [2.05, 4.69) is 15.1 Å². The Bertz CT molecular complexity index is 695. The van der Waals surface area contributed by atoms with Crippen LogP contribution in [0.1, 0.15) is 44.1 Å². The molecule has 1 aromatic rings. The molecule has 0 bridgehead atoms. The normalized spacial score (nSPS) is 24.8. The zero-order valence-electron chi connectivity index (χ0n) is 17.3. The number of carbonyl (C=O) groups is 2. The monoisotopic (exact) mass is 399 g/mol. The van der Waals surface area contributed by atoms with Crippen molar-refractivity contribution < 1.29 is 14.3 Å². The number of carbonyl (C=O) groups excluding carboxylic acids is 2. The van der Waals surface area contributed by atoms with Crippen molar-refractivity contribution in [2.24, 2.45) is 5.41 Å². The summed E-state index contributed by atoms with van der Waals surface area (Å²) in [7, 11) is 0. The molecule has 3 saturated heterocycles. The molecule has 6 heteroatoms. The van der Waals surface area contributed by atoms with Crippen LogP contribution >= 0.6 is 0 Å². The second-order valence-electron chi connectivity index (χ2n) is 8.95. The fourth-order valence-electron chi connectivity index (χ4n) is 4.95. The highest BCUT2D eigenvalue weighted by molar-refractivity contribution is 5.78. The summed E-state index contributed by atoms with van der Waals surface area (Å²) in [5.74, 6) is 0.373. The lowest BCUT2D eigenvalue weighted by Gasteiger charge is -2.47. The Kier molecular flexibility index (Phi) is 6.50. The van der Waals surface area contributed by atoms with E-state index in [-0.39, 0.29) is 23.3 Å². The van der Waals surface area contributed by atoms with E-state index in [1.165, 1.54) is 0 Å². The maximum Gasteiger partial charge on any atom is 0.234 e. The van der Waals surface area contributed by atoms with Crippen molar-refractivity contribution in [3.8, 4) is 0 Å². The summed E-state index contributed by atoms with van der Waals surface area (Å²) in [6, 6.07) is 10.0. The molecule has 4 rings (SSSR count). The number of likely N-dealkylation sites (tertiary alicyclic amines) is 2. The minimum atomic E-state index is 0.0867. The smallest absolute Gasteiger partial charge is 0.234 e. The highest BCUT2D eigenvalue weighted by Crippen LogP contribution is 2.40. The van der Waals surface area contributed by atoms with E-state index in [1.807, 2.05) is 30.3 Å². The van der Waals surface area contributed by atoms with Crippen molar-refractivity contribution in [2.45, 2.75) is 51.2 Å². The maximum atomic E-state index is 12.4. The minimum Gasteiger partial charge on any atom is -0.376 e. The van der Waals surface area contributed by atoms with E-state index in [0.717, 1.165) is 70.5 Å². The molecule has 3 aliphatic heterocycles. The van der Waals surface area contributed by atoms with Crippen LogP contribution in [0, 0.1) is 5.41 Å². The predicted molar refractivity (Wildman–Crippen MR) is 111 cm³/mol. The first-order chi connectivity index (χ1) is 14.1. The van der Waals surface area contributed by atoms with Gasteiger partial charge in [0.15, 0.2) is 0 Å². The highest BCUT2D eigenvalue weighted by Gasteiger charge is 2.41. The number of ether oxygens (including phenoxy) is 1. The van der Waals surface area contributed by atoms with E-state index < -0.39 is 0 Å². The average Bonchev–Trinajstić information content (AvgIpc) is 3.25. The second-order valence-corrected chi connectivity index (χ2v) is 8.95. The van der Waals surface area contributed by atoms with Crippen LogP contribution in [-0.4, -0.2) is 67.0 Å². The lowest BCUT2D eigenvalue weighted by molar-refractivity contribution is -0.141. The molecule has 0 saturated carbocycles. The molecular formula is C23H33N3O3. The molecule has 1 unspecified atom stereocenters. The molecule has 1 aromatic carbocycles. The Morgan fingerprint density at radius 2 is 1.97 bits per heavy atom. The summed E-state index contributed by atoms with van der Waals surface area (Å²) in [4.78, 5) is 29.0. The topological polar surface area (TPSA) is 61.9 Å². The molecule has 0 radical (unpaired) electrons. The second kappa shape index (κ2) is 9.26. The van der Waals surface area contributed by atoms with Crippen LogP contribution in [0.3, 0.4) is 0 Å². The molecule has 3 heterocycles. The Labute approximate surface area is 173 Å². The number of hydrogen-bond donors (Lipinski definition) is 1.